The summed E-state index contributed by atoms with van der Waals surface area (Å²) in [6.45, 7) is 2.04. The maximum atomic E-state index is 12.2. The molecule has 3 amide bonds. The maximum Gasteiger partial charge on any atom is 0.338 e. The highest BCUT2D eigenvalue weighted by atomic mass is 16.5. The van der Waals surface area contributed by atoms with Crippen LogP contribution in [0.4, 0.5) is 5.69 Å². The van der Waals surface area contributed by atoms with Crippen LogP contribution < -0.4 is 4.90 Å². The first-order valence-electron chi connectivity index (χ1n) is 9.27. The van der Waals surface area contributed by atoms with Gasteiger partial charge < -0.3 is 9.64 Å². The number of carbonyl (C=O) groups is 4. The number of amides is 3. The Bertz CT molecular complexity index is 919. The van der Waals surface area contributed by atoms with Crippen molar-refractivity contribution in [3.8, 4) is 0 Å². The number of aryl methyl sites for hydroxylation is 1. The van der Waals surface area contributed by atoms with Crippen LogP contribution >= 0.6 is 0 Å². The number of likely N-dealkylation sites (N-methyl/N-ethyl adjacent to an activating group) is 1. The van der Waals surface area contributed by atoms with Gasteiger partial charge in [0.2, 0.25) is 11.8 Å². The fraction of sp³-hybridized carbons (Fsp3) is 0.273. The van der Waals surface area contributed by atoms with Gasteiger partial charge in [0.1, 0.15) is 0 Å². The van der Waals surface area contributed by atoms with Crippen molar-refractivity contribution in [2.75, 3.05) is 18.6 Å². The van der Waals surface area contributed by atoms with Gasteiger partial charge in [0.25, 0.3) is 5.91 Å². The molecule has 7 heteroatoms. The van der Waals surface area contributed by atoms with Gasteiger partial charge >= 0.3 is 5.97 Å². The standard InChI is InChI=1S/C22H22N2O5/c1-15-3-5-16(6-4-15)13-23(2)21(27)14-29-22(28)17-7-9-18(10-8-17)24-19(25)11-12-20(24)26/h3-10H,11-14H2,1-2H3. The number of benzene rings is 2. The number of hydrogen-bond donors (Lipinski definition) is 0. The fourth-order valence-corrected chi connectivity index (χ4v) is 2.99. The number of rotatable bonds is 6. The molecule has 0 spiro atoms. The molecule has 0 N–H and O–H groups in total. The van der Waals surface area contributed by atoms with Gasteiger partial charge in [0.05, 0.1) is 11.3 Å². The molecule has 150 valence electrons. The van der Waals surface area contributed by atoms with Gasteiger partial charge in [-0.1, -0.05) is 29.8 Å². The van der Waals surface area contributed by atoms with Crippen LogP contribution in [-0.4, -0.2) is 42.2 Å². The van der Waals surface area contributed by atoms with E-state index in [1.807, 2.05) is 31.2 Å². The molecular weight excluding hydrogens is 372 g/mol. The van der Waals surface area contributed by atoms with Crippen LogP contribution in [0.3, 0.4) is 0 Å². The van der Waals surface area contributed by atoms with Crippen LogP contribution in [0.2, 0.25) is 0 Å². The predicted molar refractivity (Wildman–Crippen MR) is 106 cm³/mol. The number of ether oxygens (including phenoxy) is 1. The van der Waals surface area contributed by atoms with Crippen LogP contribution in [0, 0.1) is 6.92 Å². The van der Waals surface area contributed by atoms with Gasteiger partial charge in [-0.25, -0.2) is 4.79 Å². The lowest BCUT2D eigenvalue weighted by atomic mass is 10.1. The molecule has 0 aliphatic carbocycles. The van der Waals surface area contributed by atoms with Gasteiger partial charge in [-0.05, 0) is 36.8 Å². The third kappa shape index (κ3) is 4.87. The lowest BCUT2D eigenvalue weighted by Gasteiger charge is -2.17. The van der Waals surface area contributed by atoms with E-state index < -0.39 is 5.97 Å². The van der Waals surface area contributed by atoms with Crippen molar-refractivity contribution in [3.05, 3.63) is 65.2 Å². The van der Waals surface area contributed by atoms with Crippen molar-refractivity contribution < 1.29 is 23.9 Å². The average Bonchev–Trinajstić information content (AvgIpc) is 3.05. The minimum atomic E-state index is -0.646. The third-order valence-corrected chi connectivity index (χ3v) is 4.71. The van der Waals surface area contributed by atoms with Crippen molar-refractivity contribution >= 4 is 29.4 Å². The lowest BCUT2D eigenvalue weighted by Crippen LogP contribution is -2.31. The molecule has 2 aromatic carbocycles. The van der Waals surface area contributed by atoms with Crippen molar-refractivity contribution in [3.63, 3.8) is 0 Å². The second-order valence-corrected chi connectivity index (χ2v) is 6.98. The summed E-state index contributed by atoms with van der Waals surface area (Å²) in [5, 5.41) is 0. The molecule has 0 bridgehead atoms. The Balaban J connectivity index is 1.53. The van der Waals surface area contributed by atoms with Crippen LogP contribution in [0.1, 0.15) is 34.3 Å². The number of nitrogens with zero attached hydrogens (tertiary/aromatic N) is 2. The Morgan fingerprint density at radius 2 is 1.55 bits per heavy atom. The van der Waals surface area contributed by atoms with Crippen molar-refractivity contribution in [2.24, 2.45) is 0 Å². The fourth-order valence-electron chi connectivity index (χ4n) is 2.99. The topological polar surface area (TPSA) is 84.0 Å². The average molecular weight is 394 g/mol. The van der Waals surface area contributed by atoms with E-state index in [1.165, 1.54) is 29.2 Å². The summed E-state index contributed by atoms with van der Waals surface area (Å²) in [6, 6.07) is 13.8. The zero-order chi connectivity index (χ0) is 21.0. The minimum absolute atomic E-state index is 0.195. The van der Waals surface area contributed by atoms with Crippen molar-refractivity contribution in [2.45, 2.75) is 26.3 Å². The highest BCUT2D eigenvalue weighted by Crippen LogP contribution is 2.23. The summed E-state index contributed by atoms with van der Waals surface area (Å²) >= 11 is 0. The summed E-state index contributed by atoms with van der Waals surface area (Å²) in [5.41, 5.74) is 2.78. The van der Waals surface area contributed by atoms with Gasteiger partial charge in [-0.2, -0.15) is 0 Å². The normalized spacial score (nSPS) is 13.5. The zero-order valence-corrected chi connectivity index (χ0v) is 16.4. The second-order valence-electron chi connectivity index (χ2n) is 6.98. The van der Waals surface area contributed by atoms with Gasteiger partial charge in [-0.3, -0.25) is 19.3 Å². The molecule has 1 fully saturated rings. The molecule has 7 nitrogen and oxygen atoms in total. The van der Waals surface area contributed by atoms with Gasteiger partial charge in [-0.15, -0.1) is 0 Å². The number of anilines is 1. The van der Waals surface area contributed by atoms with E-state index in [4.69, 9.17) is 4.74 Å². The summed E-state index contributed by atoms with van der Waals surface area (Å²) in [5.74, 6) is -1.48. The second kappa shape index (κ2) is 8.68. The maximum absolute atomic E-state index is 12.2. The quantitative estimate of drug-likeness (QED) is 0.555. The SMILES string of the molecule is Cc1ccc(CN(C)C(=O)COC(=O)c2ccc(N3C(=O)CCC3=O)cc2)cc1. The van der Waals surface area contributed by atoms with Gasteiger partial charge in [0, 0.05) is 26.4 Å². The van der Waals surface area contributed by atoms with E-state index in [1.54, 1.807) is 7.05 Å². The van der Waals surface area contributed by atoms with Crippen LogP contribution in [0.15, 0.2) is 48.5 Å². The first-order valence-corrected chi connectivity index (χ1v) is 9.27. The molecule has 0 saturated carbocycles. The molecule has 1 aliphatic heterocycles. The molecule has 2 aromatic rings. The van der Waals surface area contributed by atoms with Crippen molar-refractivity contribution in [1.82, 2.24) is 4.90 Å². The highest BCUT2D eigenvalue weighted by Gasteiger charge is 2.30. The molecule has 0 radical (unpaired) electrons. The minimum Gasteiger partial charge on any atom is -0.452 e. The molecule has 1 saturated heterocycles. The van der Waals surface area contributed by atoms with E-state index in [9.17, 15) is 19.2 Å². The monoisotopic (exact) mass is 394 g/mol. The Kier molecular flexibility index (Phi) is 6.07. The molecule has 1 heterocycles. The number of carbonyl (C=O) groups excluding carboxylic acids is 4. The summed E-state index contributed by atoms with van der Waals surface area (Å²) < 4.78 is 5.10. The molecule has 1 aliphatic rings. The molecular formula is C22H22N2O5. The first kappa shape index (κ1) is 20.3. The zero-order valence-electron chi connectivity index (χ0n) is 16.4. The largest absolute Gasteiger partial charge is 0.452 e. The highest BCUT2D eigenvalue weighted by molar-refractivity contribution is 6.19. The molecule has 0 aromatic heterocycles. The van der Waals surface area contributed by atoms with E-state index >= 15 is 0 Å². The van der Waals surface area contributed by atoms with Crippen LogP contribution in [-0.2, 0) is 25.7 Å². The molecule has 0 unspecified atom stereocenters. The van der Waals surface area contributed by atoms with E-state index in [0.29, 0.717) is 12.2 Å². The Morgan fingerprint density at radius 1 is 0.966 bits per heavy atom. The van der Waals surface area contributed by atoms with E-state index in [2.05, 4.69) is 0 Å². The van der Waals surface area contributed by atoms with E-state index in [-0.39, 0.29) is 42.7 Å². The number of hydrogen-bond acceptors (Lipinski definition) is 5. The third-order valence-electron chi connectivity index (χ3n) is 4.71. The van der Waals surface area contributed by atoms with Crippen LogP contribution in [0.5, 0.6) is 0 Å². The van der Waals surface area contributed by atoms with Crippen LogP contribution in [0.25, 0.3) is 0 Å². The number of esters is 1. The molecule has 0 atom stereocenters. The smallest absolute Gasteiger partial charge is 0.338 e. The summed E-state index contributed by atoms with van der Waals surface area (Å²) in [4.78, 5) is 50.5. The molecule has 29 heavy (non-hydrogen) atoms. The van der Waals surface area contributed by atoms with Gasteiger partial charge in [0.15, 0.2) is 6.61 Å². The summed E-state index contributed by atoms with van der Waals surface area (Å²) in [7, 11) is 1.65. The lowest BCUT2D eigenvalue weighted by molar-refractivity contribution is -0.133. The predicted octanol–water partition coefficient (Wildman–Crippen LogP) is 2.46. The Labute approximate surface area is 168 Å². The van der Waals surface area contributed by atoms with Crippen molar-refractivity contribution in [1.29, 1.82) is 0 Å². The Hall–Kier alpha value is -3.48. The first-order chi connectivity index (χ1) is 13.8. The Morgan fingerprint density at radius 3 is 2.14 bits per heavy atom. The number of imide groups is 1. The molecule has 3 rings (SSSR count). The summed E-state index contributed by atoms with van der Waals surface area (Å²) in [6.07, 6.45) is 0.391. The van der Waals surface area contributed by atoms with E-state index in [0.717, 1.165) is 16.0 Å².